The standard InChI is InChI=1S/C18H22FN3OSi/c1-24(2,3)11-10-23-13-22-9-8-16-17(20-12-21-18(16)22)14-4-6-15(19)7-5-14/h4-9,12H,10-11,13H2,1-3H3. The Morgan fingerprint density at radius 2 is 1.83 bits per heavy atom. The Kier molecular flexibility index (Phi) is 4.77. The lowest BCUT2D eigenvalue weighted by atomic mass is 10.1. The zero-order chi connectivity index (χ0) is 17.2. The van der Waals surface area contributed by atoms with Crippen molar-refractivity contribution in [3.63, 3.8) is 0 Å². The zero-order valence-corrected chi connectivity index (χ0v) is 15.3. The quantitative estimate of drug-likeness (QED) is 0.487. The van der Waals surface area contributed by atoms with Crippen LogP contribution in [0.1, 0.15) is 0 Å². The first-order valence-electron chi connectivity index (χ1n) is 8.07. The second-order valence-corrected chi connectivity index (χ2v) is 12.7. The molecule has 0 aliphatic rings. The summed E-state index contributed by atoms with van der Waals surface area (Å²) < 4.78 is 20.9. The topological polar surface area (TPSA) is 39.9 Å². The van der Waals surface area contributed by atoms with Gasteiger partial charge < -0.3 is 9.30 Å². The second-order valence-electron chi connectivity index (χ2n) is 7.10. The Labute approximate surface area is 142 Å². The van der Waals surface area contributed by atoms with Crippen LogP contribution in [0.2, 0.25) is 25.7 Å². The zero-order valence-electron chi connectivity index (χ0n) is 14.3. The molecule has 0 aliphatic carbocycles. The maximum atomic E-state index is 13.1. The van der Waals surface area contributed by atoms with Crippen molar-refractivity contribution in [2.24, 2.45) is 0 Å². The monoisotopic (exact) mass is 343 g/mol. The van der Waals surface area contributed by atoms with Gasteiger partial charge in [0, 0.05) is 31.8 Å². The Morgan fingerprint density at radius 1 is 1.08 bits per heavy atom. The first-order valence-corrected chi connectivity index (χ1v) is 11.8. The SMILES string of the molecule is C[Si](C)(C)CCOCn1ccc2c(-c3ccc(F)cc3)ncnc21. The van der Waals surface area contributed by atoms with E-state index in [-0.39, 0.29) is 5.82 Å². The third-order valence-corrected chi connectivity index (χ3v) is 5.60. The summed E-state index contributed by atoms with van der Waals surface area (Å²) >= 11 is 0. The van der Waals surface area contributed by atoms with Gasteiger partial charge in [0.1, 0.15) is 24.5 Å². The molecule has 1 aromatic carbocycles. The number of hydrogen-bond donors (Lipinski definition) is 0. The van der Waals surface area contributed by atoms with E-state index in [9.17, 15) is 4.39 Å². The van der Waals surface area contributed by atoms with Gasteiger partial charge in [-0.2, -0.15) is 0 Å². The average Bonchev–Trinajstić information content (AvgIpc) is 2.95. The van der Waals surface area contributed by atoms with Gasteiger partial charge in [-0.15, -0.1) is 0 Å². The molecule has 0 N–H and O–H groups in total. The number of benzene rings is 1. The Balaban J connectivity index is 1.80. The molecule has 0 unspecified atom stereocenters. The number of nitrogens with zero attached hydrogens (tertiary/aromatic N) is 3. The molecule has 0 spiro atoms. The van der Waals surface area contributed by atoms with Crippen molar-refractivity contribution < 1.29 is 9.13 Å². The van der Waals surface area contributed by atoms with Crippen LogP contribution in [0, 0.1) is 5.82 Å². The van der Waals surface area contributed by atoms with Crippen molar-refractivity contribution in [2.75, 3.05) is 6.61 Å². The minimum atomic E-state index is -1.08. The molecule has 0 saturated carbocycles. The molecule has 0 bridgehead atoms. The molecule has 6 heteroatoms. The predicted octanol–water partition coefficient (Wildman–Crippen LogP) is 4.55. The lowest BCUT2D eigenvalue weighted by Gasteiger charge is -2.15. The fourth-order valence-electron chi connectivity index (χ4n) is 2.49. The summed E-state index contributed by atoms with van der Waals surface area (Å²) in [5.41, 5.74) is 2.51. The fourth-order valence-corrected chi connectivity index (χ4v) is 3.24. The summed E-state index contributed by atoms with van der Waals surface area (Å²) in [4.78, 5) is 8.75. The number of rotatable bonds is 6. The minimum absolute atomic E-state index is 0.252. The Hall–Kier alpha value is -2.05. The summed E-state index contributed by atoms with van der Waals surface area (Å²) in [6.45, 7) is 8.26. The van der Waals surface area contributed by atoms with E-state index < -0.39 is 8.07 Å². The molecule has 2 heterocycles. The highest BCUT2D eigenvalue weighted by Gasteiger charge is 2.13. The smallest absolute Gasteiger partial charge is 0.145 e. The maximum absolute atomic E-state index is 13.1. The van der Waals surface area contributed by atoms with Crippen molar-refractivity contribution in [3.8, 4) is 11.3 Å². The molecule has 3 rings (SSSR count). The molecule has 0 amide bonds. The maximum Gasteiger partial charge on any atom is 0.145 e. The second kappa shape index (κ2) is 6.82. The van der Waals surface area contributed by atoms with Crippen molar-refractivity contribution >= 4 is 19.1 Å². The lowest BCUT2D eigenvalue weighted by Crippen LogP contribution is -2.22. The van der Waals surface area contributed by atoms with E-state index in [0.717, 1.165) is 34.9 Å². The van der Waals surface area contributed by atoms with Gasteiger partial charge in [-0.05, 0) is 36.4 Å². The highest BCUT2D eigenvalue weighted by molar-refractivity contribution is 6.76. The van der Waals surface area contributed by atoms with Gasteiger partial charge >= 0.3 is 0 Å². The first-order chi connectivity index (χ1) is 11.4. The van der Waals surface area contributed by atoms with Gasteiger partial charge in [-0.3, -0.25) is 0 Å². The molecule has 126 valence electrons. The van der Waals surface area contributed by atoms with Gasteiger partial charge in [-0.1, -0.05) is 19.6 Å². The van der Waals surface area contributed by atoms with Crippen molar-refractivity contribution in [1.29, 1.82) is 0 Å². The van der Waals surface area contributed by atoms with E-state index in [2.05, 4.69) is 29.6 Å². The summed E-state index contributed by atoms with van der Waals surface area (Å²) in [7, 11) is -1.08. The summed E-state index contributed by atoms with van der Waals surface area (Å²) in [6.07, 6.45) is 3.50. The van der Waals surface area contributed by atoms with E-state index in [1.165, 1.54) is 12.1 Å². The molecule has 0 aliphatic heterocycles. The molecule has 0 fully saturated rings. The van der Waals surface area contributed by atoms with Gasteiger partial charge in [0.2, 0.25) is 0 Å². The molecular formula is C18H22FN3OSi. The molecule has 3 aromatic rings. The highest BCUT2D eigenvalue weighted by Crippen LogP contribution is 2.26. The number of fused-ring (bicyclic) bond motifs is 1. The average molecular weight is 343 g/mol. The van der Waals surface area contributed by atoms with Crippen LogP contribution in [-0.4, -0.2) is 29.2 Å². The molecule has 24 heavy (non-hydrogen) atoms. The normalized spacial score (nSPS) is 12.0. The summed E-state index contributed by atoms with van der Waals surface area (Å²) in [5, 5.41) is 0.943. The number of aromatic nitrogens is 3. The fraction of sp³-hybridized carbons (Fsp3) is 0.333. The predicted molar refractivity (Wildman–Crippen MR) is 97.0 cm³/mol. The van der Waals surface area contributed by atoms with Crippen molar-refractivity contribution in [2.45, 2.75) is 32.4 Å². The highest BCUT2D eigenvalue weighted by atomic mass is 28.3. The van der Waals surface area contributed by atoms with Crippen LogP contribution in [0.3, 0.4) is 0 Å². The lowest BCUT2D eigenvalue weighted by molar-refractivity contribution is 0.0899. The van der Waals surface area contributed by atoms with Crippen LogP contribution in [0.4, 0.5) is 4.39 Å². The van der Waals surface area contributed by atoms with E-state index in [4.69, 9.17) is 4.74 Å². The van der Waals surface area contributed by atoms with Gasteiger partial charge in [0.05, 0.1) is 5.69 Å². The largest absolute Gasteiger partial charge is 0.361 e. The third kappa shape index (κ3) is 3.88. The summed E-state index contributed by atoms with van der Waals surface area (Å²) in [6, 6.07) is 9.48. The number of halogens is 1. The third-order valence-electron chi connectivity index (χ3n) is 3.90. The van der Waals surface area contributed by atoms with Crippen LogP contribution in [-0.2, 0) is 11.5 Å². The molecule has 2 aromatic heterocycles. The van der Waals surface area contributed by atoms with Crippen LogP contribution >= 0.6 is 0 Å². The Morgan fingerprint density at radius 3 is 2.54 bits per heavy atom. The molecule has 4 nitrogen and oxygen atoms in total. The van der Waals surface area contributed by atoms with E-state index in [1.807, 2.05) is 16.8 Å². The van der Waals surface area contributed by atoms with Crippen molar-refractivity contribution in [3.05, 3.63) is 48.7 Å². The molecule has 0 radical (unpaired) electrons. The molecular weight excluding hydrogens is 321 g/mol. The van der Waals surface area contributed by atoms with Gasteiger partial charge in [-0.25, -0.2) is 14.4 Å². The first kappa shape index (κ1) is 16.8. The number of hydrogen-bond acceptors (Lipinski definition) is 3. The minimum Gasteiger partial charge on any atom is -0.361 e. The van der Waals surface area contributed by atoms with E-state index >= 15 is 0 Å². The van der Waals surface area contributed by atoms with E-state index in [1.54, 1.807) is 18.5 Å². The van der Waals surface area contributed by atoms with Crippen LogP contribution in [0.25, 0.3) is 22.3 Å². The van der Waals surface area contributed by atoms with Crippen molar-refractivity contribution in [1.82, 2.24) is 14.5 Å². The van der Waals surface area contributed by atoms with Crippen LogP contribution in [0.5, 0.6) is 0 Å². The molecule has 0 atom stereocenters. The van der Waals surface area contributed by atoms with Crippen LogP contribution in [0.15, 0.2) is 42.9 Å². The van der Waals surface area contributed by atoms with Gasteiger partial charge in [0.15, 0.2) is 0 Å². The molecule has 0 saturated heterocycles. The number of ether oxygens (including phenoxy) is 1. The summed E-state index contributed by atoms with van der Waals surface area (Å²) in [5.74, 6) is -0.252. The van der Waals surface area contributed by atoms with Gasteiger partial charge in [0.25, 0.3) is 0 Å². The Bertz CT molecular complexity index is 824. The van der Waals surface area contributed by atoms with Crippen LogP contribution < -0.4 is 0 Å². The van der Waals surface area contributed by atoms with E-state index in [0.29, 0.717) is 6.73 Å².